The highest BCUT2D eigenvalue weighted by Gasteiger charge is 2.27. The minimum absolute atomic E-state index is 0.388. The molecule has 2 aliphatic rings. The molecule has 0 aromatic heterocycles. The van der Waals surface area contributed by atoms with Crippen molar-refractivity contribution >= 4 is 5.96 Å². The summed E-state index contributed by atoms with van der Waals surface area (Å²) in [6, 6.07) is 0.905. The van der Waals surface area contributed by atoms with Gasteiger partial charge < -0.3 is 15.4 Å². The van der Waals surface area contributed by atoms with Crippen LogP contribution in [0.5, 0.6) is 0 Å². The largest absolute Gasteiger partial charge is 0.381 e. The summed E-state index contributed by atoms with van der Waals surface area (Å²) in [5.74, 6) is 0.754. The van der Waals surface area contributed by atoms with Crippen LogP contribution >= 0.6 is 0 Å². The van der Waals surface area contributed by atoms with Crippen molar-refractivity contribution in [2.45, 2.75) is 70.1 Å². The number of rotatable bonds is 2. The first-order chi connectivity index (χ1) is 8.70. The highest BCUT2D eigenvalue weighted by Crippen LogP contribution is 2.22. The fourth-order valence-corrected chi connectivity index (χ4v) is 3.15. The van der Waals surface area contributed by atoms with E-state index in [9.17, 15) is 0 Å². The summed E-state index contributed by atoms with van der Waals surface area (Å²) in [4.78, 5) is 6.99. The van der Waals surface area contributed by atoms with Gasteiger partial charge in [-0.15, -0.1) is 0 Å². The van der Waals surface area contributed by atoms with Gasteiger partial charge in [-0.2, -0.15) is 0 Å². The van der Waals surface area contributed by atoms with E-state index < -0.39 is 0 Å². The maximum Gasteiger partial charge on any atom is 0.191 e. The van der Waals surface area contributed by atoms with E-state index in [0.29, 0.717) is 18.2 Å². The van der Waals surface area contributed by atoms with Crippen LogP contribution in [0.15, 0.2) is 4.99 Å². The van der Waals surface area contributed by atoms with Gasteiger partial charge in [0.05, 0.1) is 12.1 Å². The van der Waals surface area contributed by atoms with Gasteiger partial charge in [-0.1, -0.05) is 19.3 Å². The van der Waals surface area contributed by atoms with Crippen LogP contribution in [-0.2, 0) is 4.74 Å². The van der Waals surface area contributed by atoms with E-state index in [1.165, 1.54) is 32.1 Å². The lowest BCUT2D eigenvalue weighted by atomic mass is 9.96. The van der Waals surface area contributed by atoms with Crippen LogP contribution in [-0.4, -0.2) is 42.7 Å². The van der Waals surface area contributed by atoms with Crippen LogP contribution in [0.3, 0.4) is 0 Å². The minimum Gasteiger partial charge on any atom is -0.381 e. The number of likely N-dealkylation sites (tertiary alicyclic amines) is 1. The SMILES string of the molecule is COC1CCN(C(N)=NC2CCCCC2)C(C)C1. The molecular weight excluding hydrogens is 226 g/mol. The van der Waals surface area contributed by atoms with Crippen LogP contribution in [0.2, 0.25) is 0 Å². The van der Waals surface area contributed by atoms with Gasteiger partial charge in [0.2, 0.25) is 0 Å². The van der Waals surface area contributed by atoms with Crippen molar-refractivity contribution in [3.63, 3.8) is 0 Å². The van der Waals surface area contributed by atoms with Crippen molar-refractivity contribution in [2.24, 2.45) is 10.7 Å². The Kier molecular flexibility index (Phi) is 4.87. The van der Waals surface area contributed by atoms with E-state index in [0.717, 1.165) is 25.3 Å². The second-order valence-electron chi connectivity index (χ2n) is 5.70. The predicted molar refractivity (Wildman–Crippen MR) is 74.7 cm³/mol. The molecule has 0 amide bonds. The Bertz CT molecular complexity index is 287. The number of nitrogens with zero attached hydrogens (tertiary/aromatic N) is 2. The van der Waals surface area contributed by atoms with Crippen molar-refractivity contribution in [3.05, 3.63) is 0 Å². The average Bonchev–Trinajstić information content (AvgIpc) is 2.39. The van der Waals surface area contributed by atoms with E-state index in [2.05, 4.69) is 11.8 Å². The third-order valence-electron chi connectivity index (χ3n) is 4.35. The summed E-state index contributed by atoms with van der Waals surface area (Å²) in [6.45, 7) is 3.19. The fourth-order valence-electron chi connectivity index (χ4n) is 3.15. The summed E-state index contributed by atoms with van der Waals surface area (Å²) in [5.41, 5.74) is 6.19. The standard InChI is InChI=1S/C14H27N3O/c1-11-10-13(18-2)8-9-17(11)14(15)16-12-6-4-3-5-7-12/h11-13H,3-10H2,1-2H3,(H2,15,16). The first kappa shape index (κ1) is 13.7. The lowest BCUT2D eigenvalue weighted by Gasteiger charge is -2.38. The molecule has 1 aliphatic heterocycles. The number of guanidine groups is 1. The van der Waals surface area contributed by atoms with Gasteiger partial charge >= 0.3 is 0 Å². The van der Waals surface area contributed by atoms with E-state index in [-0.39, 0.29) is 0 Å². The van der Waals surface area contributed by atoms with Gasteiger partial charge in [-0.25, -0.2) is 4.99 Å². The van der Waals surface area contributed by atoms with E-state index >= 15 is 0 Å². The van der Waals surface area contributed by atoms with Crippen LogP contribution in [0.25, 0.3) is 0 Å². The number of methoxy groups -OCH3 is 1. The van der Waals surface area contributed by atoms with Crippen molar-refractivity contribution < 1.29 is 4.74 Å². The smallest absolute Gasteiger partial charge is 0.191 e. The lowest BCUT2D eigenvalue weighted by Crippen LogP contribution is -2.50. The Morgan fingerprint density at radius 2 is 1.94 bits per heavy atom. The fraction of sp³-hybridized carbons (Fsp3) is 0.929. The summed E-state index contributed by atoms with van der Waals surface area (Å²) in [6.07, 6.45) is 8.90. The van der Waals surface area contributed by atoms with Gasteiger partial charge in [0.25, 0.3) is 0 Å². The maximum absolute atomic E-state index is 6.19. The molecule has 2 atom stereocenters. The summed E-state index contributed by atoms with van der Waals surface area (Å²) in [5, 5.41) is 0. The molecule has 2 fully saturated rings. The van der Waals surface area contributed by atoms with Crippen LogP contribution in [0.4, 0.5) is 0 Å². The molecular formula is C14H27N3O. The Balaban J connectivity index is 1.91. The molecule has 2 N–H and O–H groups in total. The normalized spacial score (nSPS) is 31.7. The van der Waals surface area contributed by atoms with Crippen molar-refractivity contribution in [1.82, 2.24) is 4.90 Å². The average molecular weight is 253 g/mol. The molecule has 2 rings (SSSR count). The molecule has 0 bridgehead atoms. The third-order valence-corrected chi connectivity index (χ3v) is 4.35. The molecule has 2 unspecified atom stereocenters. The Morgan fingerprint density at radius 1 is 1.22 bits per heavy atom. The van der Waals surface area contributed by atoms with Crippen molar-refractivity contribution in [2.75, 3.05) is 13.7 Å². The number of piperidine rings is 1. The first-order valence-corrected chi connectivity index (χ1v) is 7.33. The van der Waals surface area contributed by atoms with Gasteiger partial charge in [0, 0.05) is 19.7 Å². The molecule has 0 radical (unpaired) electrons. The number of aliphatic imine (C=N–C) groups is 1. The zero-order chi connectivity index (χ0) is 13.0. The van der Waals surface area contributed by atoms with Gasteiger partial charge in [-0.3, -0.25) is 0 Å². The van der Waals surface area contributed by atoms with E-state index in [1.807, 2.05) is 0 Å². The first-order valence-electron chi connectivity index (χ1n) is 7.33. The van der Waals surface area contributed by atoms with Gasteiger partial charge in [-0.05, 0) is 32.6 Å². The Morgan fingerprint density at radius 3 is 2.56 bits per heavy atom. The monoisotopic (exact) mass is 253 g/mol. The van der Waals surface area contributed by atoms with E-state index in [4.69, 9.17) is 15.5 Å². The number of nitrogens with two attached hydrogens (primary N) is 1. The number of ether oxygens (including phenoxy) is 1. The summed E-state index contributed by atoms with van der Waals surface area (Å²) >= 11 is 0. The molecule has 1 aliphatic carbocycles. The highest BCUT2D eigenvalue weighted by atomic mass is 16.5. The van der Waals surface area contributed by atoms with Crippen LogP contribution < -0.4 is 5.73 Å². The third kappa shape index (κ3) is 3.37. The van der Waals surface area contributed by atoms with Crippen molar-refractivity contribution in [1.29, 1.82) is 0 Å². The second-order valence-corrected chi connectivity index (χ2v) is 5.70. The van der Waals surface area contributed by atoms with Crippen LogP contribution in [0, 0.1) is 0 Å². The number of hydrogen-bond acceptors (Lipinski definition) is 2. The molecule has 4 heteroatoms. The molecule has 104 valence electrons. The van der Waals surface area contributed by atoms with Crippen molar-refractivity contribution in [3.8, 4) is 0 Å². The second kappa shape index (κ2) is 6.41. The molecule has 0 spiro atoms. The summed E-state index contributed by atoms with van der Waals surface area (Å²) < 4.78 is 5.43. The van der Waals surface area contributed by atoms with Gasteiger partial charge in [0.15, 0.2) is 5.96 Å². The molecule has 0 aromatic rings. The maximum atomic E-state index is 6.19. The zero-order valence-electron chi connectivity index (χ0n) is 11.8. The molecule has 1 saturated heterocycles. The molecule has 4 nitrogen and oxygen atoms in total. The molecule has 1 saturated carbocycles. The zero-order valence-corrected chi connectivity index (χ0v) is 11.8. The summed E-state index contributed by atoms with van der Waals surface area (Å²) in [7, 11) is 1.80. The highest BCUT2D eigenvalue weighted by molar-refractivity contribution is 5.78. The lowest BCUT2D eigenvalue weighted by molar-refractivity contribution is 0.0381. The molecule has 0 aromatic carbocycles. The minimum atomic E-state index is 0.388. The topological polar surface area (TPSA) is 50.9 Å². The molecule has 18 heavy (non-hydrogen) atoms. The molecule has 1 heterocycles. The predicted octanol–water partition coefficient (Wildman–Crippen LogP) is 2.13. The number of hydrogen-bond donors (Lipinski definition) is 1. The Labute approximate surface area is 111 Å². The van der Waals surface area contributed by atoms with E-state index in [1.54, 1.807) is 7.11 Å². The van der Waals surface area contributed by atoms with Crippen LogP contribution in [0.1, 0.15) is 51.9 Å². The Hall–Kier alpha value is -0.770. The quantitative estimate of drug-likeness (QED) is 0.606. The van der Waals surface area contributed by atoms with Gasteiger partial charge in [0.1, 0.15) is 0 Å².